The van der Waals surface area contributed by atoms with E-state index < -0.39 is 17.8 Å². The van der Waals surface area contributed by atoms with Gasteiger partial charge in [0.15, 0.2) is 0 Å². The van der Waals surface area contributed by atoms with Crippen LogP contribution in [0.1, 0.15) is 28.5 Å². The topological polar surface area (TPSA) is 60.2 Å². The van der Waals surface area contributed by atoms with Gasteiger partial charge in [0, 0.05) is 25.0 Å². The first-order valence-electron chi connectivity index (χ1n) is 6.04. The Balaban J connectivity index is 2.59. The van der Waals surface area contributed by atoms with Gasteiger partial charge in [0.1, 0.15) is 6.10 Å². The van der Waals surface area contributed by atoms with Gasteiger partial charge >= 0.3 is 6.18 Å². The van der Waals surface area contributed by atoms with Crippen LogP contribution in [0.5, 0.6) is 5.88 Å². The van der Waals surface area contributed by atoms with Crippen LogP contribution in [0.3, 0.4) is 0 Å². The zero-order valence-electron chi connectivity index (χ0n) is 11.6. The van der Waals surface area contributed by atoms with Crippen molar-refractivity contribution in [2.45, 2.75) is 19.2 Å². The minimum atomic E-state index is -4.58. The lowest BCUT2D eigenvalue weighted by molar-refractivity contribution is -0.139. The highest BCUT2D eigenvalue weighted by Crippen LogP contribution is 2.39. The van der Waals surface area contributed by atoms with Crippen LogP contribution >= 0.6 is 0 Å². The number of pyridine rings is 1. The van der Waals surface area contributed by atoms with Gasteiger partial charge in [-0.3, -0.25) is 4.98 Å². The highest BCUT2D eigenvalue weighted by molar-refractivity contribution is 5.42. The molecule has 2 aromatic rings. The Kier molecular flexibility index (Phi) is 3.91. The van der Waals surface area contributed by atoms with Gasteiger partial charge in [0.25, 0.3) is 0 Å². The summed E-state index contributed by atoms with van der Waals surface area (Å²) in [6.45, 7) is 1.59. The number of aryl methyl sites for hydroxylation is 2. The van der Waals surface area contributed by atoms with Gasteiger partial charge in [-0.05, 0) is 13.0 Å². The van der Waals surface area contributed by atoms with Gasteiger partial charge in [-0.25, -0.2) is 4.68 Å². The highest BCUT2D eigenvalue weighted by Gasteiger charge is 2.36. The molecule has 21 heavy (non-hydrogen) atoms. The minimum Gasteiger partial charge on any atom is -0.481 e. The number of alkyl halides is 3. The van der Waals surface area contributed by atoms with E-state index in [1.54, 1.807) is 14.0 Å². The smallest absolute Gasteiger partial charge is 0.416 e. The zero-order chi connectivity index (χ0) is 15.8. The molecule has 114 valence electrons. The molecular formula is C13H14F3N3O2. The van der Waals surface area contributed by atoms with E-state index in [1.165, 1.54) is 11.8 Å². The first-order chi connectivity index (χ1) is 9.77. The van der Waals surface area contributed by atoms with E-state index in [2.05, 4.69) is 10.1 Å². The molecule has 0 saturated heterocycles. The van der Waals surface area contributed by atoms with Crippen LogP contribution in [0.2, 0.25) is 0 Å². The summed E-state index contributed by atoms with van der Waals surface area (Å²) < 4.78 is 45.5. The van der Waals surface area contributed by atoms with Crippen LogP contribution in [0, 0.1) is 6.92 Å². The molecule has 0 aromatic carbocycles. The molecule has 1 unspecified atom stereocenters. The van der Waals surface area contributed by atoms with Crippen molar-refractivity contribution in [2.24, 2.45) is 7.05 Å². The molecule has 0 aliphatic carbocycles. The monoisotopic (exact) mass is 301 g/mol. The lowest BCUT2D eigenvalue weighted by Gasteiger charge is -2.17. The van der Waals surface area contributed by atoms with E-state index in [4.69, 9.17) is 4.74 Å². The van der Waals surface area contributed by atoms with E-state index in [0.29, 0.717) is 5.69 Å². The van der Waals surface area contributed by atoms with Crippen molar-refractivity contribution in [1.82, 2.24) is 14.8 Å². The van der Waals surface area contributed by atoms with Crippen LogP contribution in [0.15, 0.2) is 18.5 Å². The predicted molar refractivity (Wildman–Crippen MR) is 67.8 cm³/mol. The summed E-state index contributed by atoms with van der Waals surface area (Å²) in [7, 11) is 2.94. The van der Waals surface area contributed by atoms with E-state index in [9.17, 15) is 18.3 Å². The third kappa shape index (κ3) is 2.71. The maximum atomic E-state index is 13.0. The van der Waals surface area contributed by atoms with Crippen LogP contribution < -0.4 is 4.74 Å². The van der Waals surface area contributed by atoms with Crippen LogP contribution in [-0.4, -0.2) is 27.0 Å². The fraction of sp³-hybridized carbons (Fsp3) is 0.385. The van der Waals surface area contributed by atoms with Gasteiger partial charge in [0.05, 0.1) is 23.9 Å². The number of aromatic nitrogens is 3. The summed E-state index contributed by atoms with van der Waals surface area (Å²) >= 11 is 0. The van der Waals surface area contributed by atoms with Gasteiger partial charge in [-0.15, -0.1) is 0 Å². The number of methoxy groups -OCH3 is 1. The molecule has 0 aliphatic heterocycles. The van der Waals surface area contributed by atoms with Crippen LogP contribution in [-0.2, 0) is 13.2 Å². The minimum absolute atomic E-state index is 0.193. The summed E-state index contributed by atoms with van der Waals surface area (Å²) in [6.07, 6.45) is -4.08. The molecule has 1 N–H and O–H groups in total. The number of halogens is 3. The molecule has 8 heteroatoms. The molecule has 0 bridgehead atoms. The van der Waals surface area contributed by atoms with Crippen molar-refractivity contribution in [3.63, 3.8) is 0 Å². The third-order valence-corrected chi connectivity index (χ3v) is 3.13. The fourth-order valence-electron chi connectivity index (χ4n) is 2.25. The molecule has 0 aliphatic rings. The second-order valence-corrected chi connectivity index (χ2v) is 4.50. The Morgan fingerprint density at radius 1 is 1.38 bits per heavy atom. The van der Waals surface area contributed by atoms with E-state index in [-0.39, 0.29) is 17.0 Å². The largest absolute Gasteiger partial charge is 0.481 e. The first kappa shape index (κ1) is 15.3. The van der Waals surface area contributed by atoms with Crippen molar-refractivity contribution < 1.29 is 23.0 Å². The second kappa shape index (κ2) is 5.36. The zero-order valence-corrected chi connectivity index (χ0v) is 11.6. The number of hydrogen-bond donors (Lipinski definition) is 1. The summed E-state index contributed by atoms with van der Waals surface area (Å²) in [5.41, 5.74) is -0.688. The summed E-state index contributed by atoms with van der Waals surface area (Å²) in [4.78, 5) is 3.67. The Morgan fingerprint density at radius 2 is 2.05 bits per heavy atom. The van der Waals surface area contributed by atoms with Crippen LogP contribution in [0.4, 0.5) is 13.2 Å². The van der Waals surface area contributed by atoms with Crippen molar-refractivity contribution in [3.8, 4) is 5.88 Å². The summed E-state index contributed by atoms with van der Waals surface area (Å²) in [5.74, 6) is 0.206. The molecule has 0 spiro atoms. The maximum Gasteiger partial charge on any atom is 0.416 e. The van der Waals surface area contributed by atoms with Gasteiger partial charge < -0.3 is 9.84 Å². The van der Waals surface area contributed by atoms with Crippen molar-refractivity contribution in [2.75, 3.05) is 7.11 Å². The average molecular weight is 301 g/mol. The number of aliphatic hydroxyl groups is 1. The number of hydrogen-bond acceptors (Lipinski definition) is 4. The standard InChI is InChI=1S/C13H14F3N3O2/c1-7-10(12(21-3)19(2)18-7)11(20)8-6-17-5-4-9(8)13(14,15)16/h4-6,11,20H,1-3H3. The van der Waals surface area contributed by atoms with Gasteiger partial charge in [-0.2, -0.15) is 18.3 Å². The second-order valence-electron chi connectivity index (χ2n) is 4.50. The van der Waals surface area contributed by atoms with Crippen molar-refractivity contribution >= 4 is 0 Å². The van der Waals surface area contributed by atoms with Gasteiger partial charge in [0.2, 0.25) is 5.88 Å². The molecule has 0 amide bonds. The molecule has 2 aromatic heterocycles. The number of ether oxygens (including phenoxy) is 1. The van der Waals surface area contributed by atoms with E-state index >= 15 is 0 Å². The number of rotatable bonds is 3. The average Bonchev–Trinajstić information content (AvgIpc) is 2.71. The Labute approximate surface area is 119 Å². The van der Waals surface area contributed by atoms with Crippen molar-refractivity contribution in [3.05, 3.63) is 40.8 Å². The predicted octanol–water partition coefficient (Wildman–Crippen LogP) is 2.23. The molecule has 0 fully saturated rings. The molecule has 5 nitrogen and oxygen atoms in total. The lowest BCUT2D eigenvalue weighted by Crippen LogP contribution is -2.14. The molecular weight excluding hydrogens is 287 g/mol. The summed E-state index contributed by atoms with van der Waals surface area (Å²) in [5, 5.41) is 14.4. The SMILES string of the molecule is COc1c(C(O)c2cnccc2C(F)(F)F)c(C)nn1C. The molecule has 0 saturated carbocycles. The van der Waals surface area contributed by atoms with Crippen LogP contribution in [0.25, 0.3) is 0 Å². The highest BCUT2D eigenvalue weighted by atomic mass is 19.4. The quantitative estimate of drug-likeness (QED) is 0.944. The Hall–Kier alpha value is -2.09. The third-order valence-electron chi connectivity index (χ3n) is 3.13. The lowest BCUT2D eigenvalue weighted by atomic mass is 9.98. The Bertz CT molecular complexity index is 653. The normalized spacial score (nSPS) is 13.3. The summed E-state index contributed by atoms with van der Waals surface area (Å²) in [6, 6.07) is 0.830. The first-order valence-corrected chi connectivity index (χ1v) is 6.04. The Morgan fingerprint density at radius 3 is 2.62 bits per heavy atom. The number of aliphatic hydroxyl groups excluding tert-OH is 1. The maximum absolute atomic E-state index is 13.0. The van der Waals surface area contributed by atoms with Crippen molar-refractivity contribution in [1.29, 1.82) is 0 Å². The fourth-order valence-corrected chi connectivity index (χ4v) is 2.25. The van der Waals surface area contributed by atoms with Gasteiger partial charge in [-0.1, -0.05) is 0 Å². The number of nitrogens with zero attached hydrogens (tertiary/aromatic N) is 3. The van der Waals surface area contributed by atoms with E-state index in [1.807, 2.05) is 0 Å². The molecule has 2 heterocycles. The van der Waals surface area contributed by atoms with E-state index in [0.717, 1.165) is 18.5 Å². The molecule has 1 atom stereocenters. The molecule has 0 radical (unpaired) electrons. The molecule has 2 rings (SSSR count).